The number of carbonyl (C=O) groups excluding carboxylic acids is 2. The lowest BCUT2D eigenvalue weighted by Gasteiger charge is -2.44. The van der Waals surface area contributed by atoms with Crippen molar-refractivity contribution in [1.29, 1.82) is 10.5 Å². The van der Waals surface area contributed by atoms with Gasteiger partial charge in [0, 0.05) is 18.0 Å². The highest BCUT2D eigenvalue weighted by molar-refractivity contribution is 8.03. The van der Waals surface area contributed by atoms with Gasteiger partial charge in [-0.05, 0) is 31.6 Å². The van der Waals surface area contributed by atoms with E-state index in [9.17, 15) is 20.1 Å². The van der Waals surface area contributed by atoms with E-state index >= 15 is 0 Å². The molecule has 27 heavy (non-hydrogen) atoms. The van der Waals surface area contributed by atoms with E-state index in [1.54, 1.807) is 13.8 Å². The first kappa shape index (κ1) is 19.8. The van der Waals surface area contributed by atoms with Crippen molar-refractivity contribution in [2.75, 3.05) is 12.3 Å². The molecule has 0 aromatic rings. The molecule has 1 saturated heterocycles. The third-order valence-corrected chi connectivity index (χ3v) is 7.22. The summed E-state index contributed by atoms with van der Waals surface area (Å²) in [6.45, 7) is 4.27. The molecule has 2 heterocycles. The van der Waals surface area contributed by atoms with Gasteiger partial charge in [-0.15, -0.1) is 0 Å². The van der Waals surface area contributed by atoms with Crippen molar-refractivity contribution in [3.05, 3.63) is 10.6 Å². The average Bonchev–Trinajstić information content (AvgIpc) is 2.65. The van der Waals surface area contributed by atoms with Gasteiger partial charge in [0.05, 0.1) is 28.5 Å². The van der Waals surface area contributed by atoms with Crippen LogP contribution in [0, 0.1) is 39.9 Å². The Labute approximate surface area is 165 Å². The minimum Gasteiger partial charge on any atom is -0.339 e. The Morgan fingerprint density at radius 2 is 1.96 bits per heavy atom. The van der Waals surface area contributed by atoms with Crippen LogP contribution >= 0.6 is 11.8 Å². The maximum Gasteiger partial charge on any atom is 0.243 e. The van der Waals surface area contributed by atoms with Gasteiger partial charge < -0.3 is 10.2 Å². The molecule has 7 heteroatoms. The highest BCUT2D eigenvalue weighted by Crippen LogP contribution is 2.42. The second-order valence-corrected chi connectivity index (χ2v) is 9.20. The fourth-order valence-corrected chi connectivity index (χ4v) is 5.75. The number of hydrogen-bond donors (Lipinski definition) is 1. The first-order chi connectivity index (χ1) is 12.9. The van der Waals surface area contributed by atoms with Crippen molar-refractivity contribution in [2.24, 2.45) is 17.3 Å². The second kappa shape index (κ2) is 7.94. The van der Waals surface area contributed by atoms with E-state index in [0.29, 0.717) is 22.6 Å². The van der Waals surface area contributed by atoms with Gasteiger partial charge >= 0.3 is 0 Å². The van der Waals surface area contributed by atoms with E-state index in [1.807, 2.05) is 11.0 Å². The first-order valence-corrected chi connectivity index (χ1v) is 10.7. The van der Waals surface area contributed by atoms with Gasteiger partial charge in [0.25, 0.3) is 0 Å². The Morgan fingerprint density at radius 3 is 2.67 bits per heavy atom. The largest absolute Gasteiger partial charge is 0.339 e. The van der Waals surface area contributed by atoms with Gasteiger partial charge in [-0.25, -0.2) is 0 Å². The zero-order valence-electron chi connectivity index (χ0n) is 16.0. The number of nitriles is 2. The number of fused-ring (bicyclic) bond motifs is 1. The smallest absolute Gasteiger partial charge is 0.243 e. The molecule has 2 aliphatic heterocycles. The van der Waals surface area contributed by atoms with Gasteiger partial charge in [-0.2, -0.15) is 10.5 Å². The number of hydrogen-bond acceptors (Lipinski definition) is 5. The summed E-state index contributed by atoms with van der Waals surface area (Å²) >= 11 is 1.21. The van der Waals surface area contributed by atoms with Gasteiger partial charge in [0.1, 0.15) is 5.92 Å². The third kappa shape index (κ3) is 3.71. The molecular formula is C20H26N4O2S. The molecule has 144 valence electrons. The summed E-state index contributed by atoms with van der Waals surface area (Å²) in [5.74, 6) is -0.396. The van der Waals surface area contributed by atoms with E-state index in [-0.39, 0.29) is 11.7 Å². The van der Waals surface area contributed by atoms with Crippen molar-refractivity contribution in [2.45, 2.75) is 58.4 Å². The summed E-state index contributed by atoms with van der Waals surface area (Å²) in [5, 5.41) is 22.0. The van der Waals surface area contributed by atoms with E-state index < -0.39 is 17.2 Å². The normalized spacial score (nSPS) is 30.0. The molecule has 1 saturated carbocycles. The van der Waals surface area contributed by atoms with Crippen LogP contribution in [0.1, 0.15) is 52.4 Å². The predicted octanol–water partition coefficient (Wildman–Crippen LogP) is 2.93. The van der Waals surface area contributed by atoms with Gasteiger partial charge in [-0.3, -0.25) is 9.59 Å². The zero-order valence-corrected chi connectivity index (χ0v) is 16.8. The molecular weight excluding hydrogens is 360 g/mol. The number of amides is 2. The lowest BCUT2D eigenvalue weighted by atomic mass is 9.72. The lowest BCUT2D eigenvalue weighted by molar-refractivity contribution is -0.134. The minimum absolute atomic E-state index is 0.0795. The Hall–Kier alpha value is -1.99. The standard InChI is InChI=1S/C20H26N4O2S/c1-20(2)14(10-21)18(26)23-19(15(20)11-22)27-12-17(25)24-9-5-7-13-6-3-4-8-16(13)24/h13-14,16H,3-9,12H2,1-2H3,(H,23,26)/t13-,14-,16+/m1/s1. The van der Waals surface area contributed by atoms with Crippen molar-refractivity contribution >= 4 is 23.6 Å². The molecule has 2 amide bonds. The Bertz CT molecular complexity index is 744. The van der Waals surface area contributed by atoms with E-state index in [0.717, 1.165) is 19.4 Å². The summed E-state index contributed by atoms with van der Waals surface area (Å²) < 4.78 is 0. The minimum atomic E-state index is -0.905. The summed E-state index contributed by atoms with van der Waals surface area (Å²) in [4.78, 5) is 27.2. The Morgan fingerprint density at radius 1 is 1.26 bits per heavy atom. The molecule has 1 N–H and O–H groups in total. The maximum absolute atomic E-state index is 12.9. The molecule has 0 radical (unpaired) electrons. The summed E-state index contributed by atoms with van der Waals surface area (Å²) in [5.41, 5.74) is -0.489. The number of piperidine rings is 1. The van der Waals surface area contributed by atoms with Crippen LogP contribution in [0.2, 0.25) is 0 Å². The van der Waals surface area contributed by atoms with Gasteiger partial charge in [-0.1, -0.05) is 38.5 Å². The number of nitrogens with zero attached hydrogens (tertiary/aromatic N) is 3. The van der Waals surface area contributed by atoms with Crippen LogP contribution in [-0.2, 0) is 9.59 Å². The van der Waals surface area contributed by atoms with Crippen LogP contribution in [0.5, 0.6) is 0 Å². The van der Waals surface area contributed by atoms with Crippen LogP contribution in [-0.4, -0.2) is 35.1 Å². The fraction of sp³-hybridized carbons (Fsp3) is 0.700. The SMILES string of the molecule is CC1(C)C(C#N)=C(SCC(=O)N2CCC[C@H]3CCCC[C@@H]32)NC(=O)[C@H]1C#N. The van der Waals surface area contributed by atoms with Crippen LogP contribution in [0.15, 0.2) is 10.6 Å². The van der Waals surface area contributed by atoms with E-state index in [1.165, 1.54) is 37.4 Å². The number of rotatable bonds is 3. The van der Waals surface area contributed by atoms with Gasteiger partial charge in [0.2, 0.25) is 11.8 Å². The molecule has 0 aromatic carbocycles. The number of carbonyl (C=O) groups is 2. The topological polar surface area (TPSA) is 97.0 Å². The van der Waals surface area contributed by atoms with Crippen LogP contribution in [0.4, 0.5) is 0 Å². The summed E-state index contributed by atoms with van der Waals surface area (Å²) in [6.07, 6.45) is 7.01. The van der Waals surface area contributed by atoms with Crippen molar-refractivity contribution < 1.29 is 9.59 Å². The second-order valence-electron chi connectivity index (χ2n) is 8.22. The Balaban J connectivity index is 1.72. The fourth-order valence-electron chi connectivity index (χ4n) is 4.69. The molecule has 6 nitrogen and oxygen atoms in total. The molecule has 3 aliphatic rings. The lowest BCUT2D eigenvalue weighted by Crippen LogP contribution is -2.50. The van der Waals surface area contributed by atoms with Crippen LogP contribution in [0.3, 0.4) is 0 Å². The van der Waals surface area contributed by atoms with E-state index in [4.69, 9.17) is 0 Å². The molecule has 1 aliphatic carbocycles. The quantitative estimate of drug-likeness (QED) is 0.804. The number of nitrogens with one attached hydrogen (secondary N) is 1. The maximum atomic E-state index is 12.9. The molecule has 0 aromatic heterocycles. The highest BCUT2D eigenvalue weighted by atomic mass is 32.2. The Kier molecular flexibility index (Phi) is 5.81. The third-order valence-electron chi connectivity index (χ3n) is 6.24. The van der Waals surface area contributed by atoms with Crippen molar-refractivity contribution in [3.63, 3.8) is 0 Å². The predicted molar refractivity (Wildman–Crippen MR) is 103 cm³/mol. The number of likely N-dealkylation sites (tertiary alicyclic amines) is 1. The first-order valence-electron chi connectivity index (χ1n) is 9.67. The summed E-state index contributed by atoms with van der Waals surface area (Å²) in [6, 6.07) is 4.49. The van der Waals surface area contributed by atoms with E-state index in [2.05, 4.69) is 11.4 Å². The monoisotopic (exact) mass is 386 g/mol. The van der Waals surface area contributed by atoms with Crippen molar-refractivity contribution in [3.8, 4) is 12.1 Å². The molecule has 0 spiro atoms. The summed E-state index contributed by atoms with van der Waals surface area (Å²) in [7, 11) is 0. The number of thioether (sulfide) groups is 1. The molecule has 3 rings (SSSR count). The average molecular weight is 387 g/mol. The zero-order chi connectivity index (χ0) is 19.6. The molecule has 3 atom stereocenters. The van der Waals surface area contributed by atoms with Crippen LogP contribution < -0.4 is 5.32 Å². The molecule has 2 fully saturated rings. The van der Waals surface area contributed by atoms with Crippen LogP contribution in [0.25, 0.3) is 0 Å². The highest BCUT2D eigenvalue weighted by Gasteiger charge is 2.45. The van der Waals surface area contributed by atoms with Gasteiger partial charge in [0.15, 0.2) is 0 Å². The number of allylic oxidation sites excluding steroid dienone is 1. The molecule has 0 unspecified atom stereocenters. The molecule has 0 bridgehead atoms. The van der Waals surface area contributed by atoms with Crippen molar-refractivity contribution in [1.82, 2.24) is 10.2 Å².